The fraction of sp³-hybridized carbons (Fsp3) is 0.0204. The number of hydrogen-bond donors (Lipinski definition) is 0. The van der Waals surface area contributed by atoms with E-state index in [-0.39, 0.29) is 0 Å². The highest BCUT2D eigenvalue weighted by atomic mass is 32.1. The fourth-order valence-electron chi connectivity index (χ4n) is 8.15. The quantitative estimate of drug-likeness (QED) is 0.151. The number of thiophene rings is 1. The zero-order valence-corrected chi connectivity index (χ0v) is 30.1. The number of nitrogens with zero attached hydrogens (tertiary/aromatic N) is 3. The lowest BCUT2D eigenvalue weighted by Crippen LogP contribution is -2.11. The standard InChI is InChI=1S/C49H35N3S/c1-3-4-23-42-33(2)38-20-8-11-24-43(38)52(42)36-19-14-18-35(31-36)50(46-26-15-28-48-49(46)40-22-10-13-27-47(40)53-48)37-29-30-45-41(32-37)39-21-9-12-25-44(39)51(45)34-16-6-5-7-17-34/h3-32H,1H2,2H3/b23-4-. The second-order valence-corrected chi connectivity index (χ2v) is 14.5. The van der Waals surface area contributed by atoms with Crippen molar-refractivity contribution in [3.63, 3.8) is 0 Å². The van der Waals surface area contributed by atoms with Crippen LogP contribution in [-0.4, -0.2) is 9.13 Å². The van der Waals surface area contributed by atoms with Gasteiger partial charge in [-0.25, -0.2) is 0 Å². The Kier molecular flexibility index (Phi) is 7.38. The van der Waals surface area contributed by atoms with E-state index in [4.69, 9.17) is 0 Å². The van der Waals surface area contributed by atoms with E-state index in [0.29, 0.717) is 0 Å². The molecule has 0 amide bonds. The van der Waals surface area contributed by atoms with Crippen LogP contribution in [-0.2, 0) is 0 Å². The summed E-state index contributed by atoms with van der Waals surface area (Å²) in [6.45, 7) is 6.17. The van der Waals surface area contributed by atoms with Crippen molar-refractivity contribution in [1.82, 2.24) is 9.13 Å². The van der Waals surface area contributed by atoms with Crippen molar-refractivity contribution in [3.8, 4) is 11.4 Å². The average Bonchev–Trinajstić information content (AvgIpc) is 3.85. The molecule has 4 heteroatoms. The van der Waals surface area contributed by atoms with Gasteiger partial charge in [0.1, 0.15) is 0 Å². The van der Waals surface area contributed by atoms with E-state index < -0.39 is 0 Å². The molecule has 3 aromatic heterocycles. The molecule has 7 aromatic carbocycles. The third-order valence-electron chi connectivity index (χ3n) is 10.5. The SMILES string of the molecule is C=C/C=C\c1c(C)c2ccccc2n1-c1cccc(N(c2ccc3c(c2)c2ccccc2n3-c2ccccc2)c2cccc3sc4ccccc4c23)c1. The minimum Gasteiger partial charge on any atom is -0.310 e. The average molecular weight is 698 g/mol. The topological polar surface area (TPSA) is 13.1 Å². The van der Waals surface area contributed by atoms with Crippen LogP contribution in [0.25, 0.3) is 70.3 Å². The van der Waals surface area contributed by atoms with Crippen molar-refractivity contribution in [3.05, 3.63) is 194 Å². The van der Waals surface area contributed by atoms with Gasteiger partial charge in [0.2, 0.25) is 0 Å². The van der Waals surface area contributed by atoms with E-state index >= 15 is 0 Å². The van der Waals surface area contributed by atoms with Gasteiger partial charge in [0.05, 0.1) is 22.2 Å². The molecule has 0 aliphatic rings. The fourth-order valence-corrected chi connectivity index (χ4v) is 9.28. The molecule has 0 saturated carbocycles. The summed E-state index contributed by atoms with van der Waals surface area (Å²) < 4.78 is 7.32. The first-order valence-corrected chi connectivity index (χ1v) is 18.8. The number of hydrogen-bond acceptors (Lipinski definition) is 2. The summed E-state index contributed by atoms with van der Waals surface area (Å²) in [5.74, 6) is 0. The molecule has 0 fully saturated rings. The number of anilines is 3. The molecule has 53 heavy (non-hydrogen) atoms. The molecule has 0 bridgehead atoms. The largest absolute Gasteiger partial charge is 0.310 e. The van der Waals surface area contributed by atoms with Crippen LogP contribution in [0.4, 0.5) is 17.1 Å². The molecule has 0 atom stereocenters. The van der Waals surface area contributed by atoms with E-state index in [1.165, 1.54) is 58.4 Å². The Labute approximate surface area is 312 Å². The predicted octanol–water partition coefficient (Wildman–Crippen LogP) is 14.1. The first-order chi connectivity index (χ1) is 26.2. The summed E-state index contributed by atoms with van der Waals surface area (Å²) in [7, 11) is 0. The van der Waals surface area contributed by atoms with Crippen LogP contribution in [0.2, 0.25) is 0 Å². The van der Waals surface area contributed by atoms with Crippen molar-refractivity contribution >= 4 is 87.4 Å². The molecule has 0 aliphatic carbocycles. The van der Waals surface area contributed by atoms with E-state index in [9.17, 15) is 0 Å². The van der Waals surface area contributed by atoms with Gasteiger partial charge in [-0.2, -0.15) is 0 Å². The Morgan fingerprint density at radius 3 is 2.00 bits per heavy atom. The smallest absolute Gasteiger partial charge is 0.0554 e. The molecule has 252 valence electrons. The third-order valence-corrected chi connectivity index (χ3v) is 11.6. The molecule has 0 N–H and O–H groups in total. The zero-order chi connectivity index (χ0) is 35.5. The highest BCUT2D eigenvalue weighted by molar-refractivity contribution is 7.26. The molecule has 3 heterocycles. The van der Waals surface area contributed by atoms with Gasteiger partial charge in [-0.1, -0.05) is 104 Å². The zero-order valence-electron chi connectivity index (χ0n) is 29.3. The molecular formula is C49H35N3S. The van der Waals surface area contributed by atoms with Gasteiger partial charge in [-0.15, -0.1) is 11.3 Å². The van der Waals surface area contributed by atoms with E-state index in [0.717, 1.165) is 34.1 Å². The van der Waals surface area contributed by atoms with Crippen molar-refractivity contribution in [2.45, 2.75) is 6.92 Å². The number of aromatic nitrogens is 2. The minimum absolute atomic E-state index is 1.09. The number of para-hydroxylation sites is 3. The number of rotatable bonds is 7. The number of fused-ring (bicyclic) bond motifs is 7. The molecule has 3 nitrogen and oxygen atoms in total. The summed E-state index contributed by atoms with van der Waals surface area (Å²) in [6.07, 6.45) is 6.04. The lowest BCUT2D eigenvalue weighted by molar-refractivity contribution is 1.09. The molecule has 0 saturated heterocycles. The van der Waals surface area contributed by atoms with Gasteiger partial charge in [0, 0.05) is 64.8 Å². The minimum atomic E-state index is 1.09. The lowest BCUT2D eigenvalue weighted by Gasteiger charge is -2.27. The van der Waals surface area contributed by atoms with Crippen LogP contribution in [0.5, 0.6) is 0 Å². The van der Waals surface area contributed by atoms with Gasteiger partial charge in [0.15, 0.2) is 0 Å². The first-order valence-electron chi connectivity index (χ1n) is 18.0. The molecule has 0 spiro atoms. The van der Waals surface area contributed by atoms with Crippen molar-refractivity contribution in [1.29, 1.82) is 0 Å². The van der Waals surface area contributed by atoms with Crippen LogP contribution in [0.1, 0.15) is 11.3 Å². The second kappa shape index (κ2) is 12.6. The molecule has 10 aromatic rings. The Hall–Kier alpha value is -6.62. The van der Waals surface area contributed by atoms with Crippen molar-refractivity contribution in [2.24, 2.45) is 0 Å². The van der Waals surface area contributed by atoms with Gasteiger partial charge in [0.25, 0.3) is 0 Å². The third kappa shape index (κ3) is 4.95. The summed E-state index contributed by atoms with van der Waals surface area (Å²) in [5.41, 5.74) is 11.6. The molecule has 10 rings (SSSR count). The lowest BCUT2D eigenvalue weighted by atomic mass is 10.1. The maximum Gasteiger partial charge on any atom is 0.0554 e. The summed E-state index contributed by atoms with van der Waals surface area (Å²) >= 11 is 1.85. The second-order valence-electron chi connectivity index (χ2n) is 13.5. The monoisotopic (exact) mass is 697 g/mol. The van der Waals surface area contributed by atoms with Crippen LogP contribution < -0.4 is 4.90 Å². The normalized spacial score (nSPS) is 11.9. The van der Waals surface area contributed by atoms with Crippen LogP contribution in [0, 0.1) is 6.92 Å². The highest BCUT2D eigenvalue weighted by Crippen LogP contribution is 2.46. The Balaban J connectivity index is 1.26. The first kappa shape index (κ1) is 31.1. The number of benzene rings is 7. The molecular weight excluding hydrogens is 663 g/mol. The van der Waals surface area contributed by atoms with Gasteiger partial charge >= 0.3 is 0 Å². The van der Waals surface area contributed by atoms with E-state index in [1.54, 1.807) is 0 Å². The van der Waals surface area contributed by atoms with Gasteiger partial charge in [-0.3, -0.25) is 0 Å². The van der Waals surface area contributed by atoms with Crippen LogP contribution in [0.3, 0.4) is 0 Å². The van der Waals surface area contributed by atoms with E-state index in [2.05, 4.69) is 197 Å². The maximum atomic E-state index is 3.96. The van der Waals surface area contributed by atoms with Crippen molar-refractivity contribution in [2.75, 3.05) is 4.90 Å². The van der Waals surface area contributed by atoms with Crippen molar-refractivity contribution < 1.29 is 0 Å². The van der Waals surface area contributed by atoms with Gasteiger partial charge < -0.3 is 14.0 Å². The molecule has 0 aliphatic heterocycles. The van der Waals surface area contributed by atoms with Crippen LogP contribution in [0.15, 0.2) is 183 Å². The highest BCUT2D eigenvalue weighted by Gasteiger charge is 2.22. The molecule has 0 radical (unpaired) electrons. The summed E-state index contributed by atoms with van der Waals surface area (Å²) in [4.78, 5) is 2.46. The summed E-state index contributed by atoms with van der Waals surface area (Å²) in [5, 5.41) is 6.23. The molecule has 0 unspecified atom stereocenters. The summed E-state index contributed by atoms with van der Waals surface area (Å²) in [6, 6.07) is 59.5. The predicted molar refractivity (Wildman–Crippen MR) is 229 cm³/mol. The Bertz CT molecular complexity index is 3050. The Morgan fingerprint density at radius 1 is 0.528 bits per heavy atom. The van der Waals surface area contributed by atoms with E-state index in [1.807, 2.05) is 23.5 Å². The van der Waals surface area contributed by atoms with Crippen LogP contribution >= 0.6 is 11.3 Å². The number of allylic oxidation sites excluding steroid dienone is 2. The maximum absolute atomic E-state index is 3.96. The Morgan fingerprint density at radius 2 is 1.17 bits per heavy atom. The number of aryl methyl sites for hydroxylation is 1. The van der Waals surface area contributed by atoms with Gasteiger partial charge in [-0.05, 0) is 97.4 Å².